The topological polar surface area (TPSA) is 80.4 Å². The molecule has 0 heterocycles. The summed E-state index contributed by atoms with van der Waals surface area (Å²) < 4.78 is 22.7. The number of aromatic hydroxyl groups is 1. The molecule has 0 unspecified atom stereocenters. The van der Waals surface area contributed by atoms with Crippen molar-refractivity contribution in [3.63, 3.8) is 0 Å². The molecule has 16 heavy (non-hydrogen) atoms. The van der Waals surface area contributed by atoms with Crippen molar-refractivity contribution in [1.82, 2.24) is 0 Å². The molecule has 0 radical (unpaired) electrons. The van der Waals surface area contributed by atoms with Crippen LogP contribution in [0.3, 0.4) is 0 Å². The van der Waals surface area contributed by atoms with Gasteiger partial charge in [0.2, 0.25) is 0 Å². The SMILES string of the molecule is CS(=O)(=O)c1ccc(O)c(CC2(N)CC2)c1. The van der Waals surface area contributed by atoms with Gasteiger partial charge in [0.15, 0.2) is 9.84 Å². The standard InChI is InChI=1S/C11H15NO3S/c1-16(14,15)9-2-3-10(13)8(6-9)7-11(12)4-5-11/h2-3,6,13H,4-5,7,12H2,1H3. The lowest BCUT2D eigenvalue weighted by Gasteiger charge is -2.11. The Bertz CT molecular complexity index is 518. The summed E-state index contributed by atoms with van der Waals surface area (Å²) in [6, 6.07) is 4.33. The van der Waals surface area contributed by atoms with Crippen LogP contribution in [-0.4, -0.2) is 25.3 Å². The maximum absolute atomic E-state index is 11.4. The first-order chi connectivity index (χ1) is 7.30. The molecule has 3 N–H and O–H groups in total. The van der Waals surface area contributed by atoms with E-state index in [2.05, 4.69) is 0 Å². The number of sulfone groups is 1. The zero-order valence-electron chi connectivity index (χ0n) is 9.10. The van der Waals surface area contributed by atoms with Gasteiger partial charge in [0.05, 0.1) is 4.90 Å². The number of benzene rings is 1. The van der Waals surface area contributed by atoms with Gasteiger partial charge in [0.1, 0.15) is 5.75 Å². The van der Waals surface area contributed by atoms with E-state index >= 15 is 0 Å². The fraction of sp³-hybridized carbons (Fsp3) is 0.455. The Kier molecular flexibility index (Phi) is 2.47. The molecule has 0 spiro atoms. The van der Waals surface area contributed by atoms with Gasteiger partial charge in [-0.25, -0.2) is 8.42 Å². The van der Waals surface area contributed by atoms with Crippen LogP contribution >= 0.6 is 0 Å². The minimum atomic E-state index is -3.23. The number of phenolic OH excluding ortho intramolecular Hbond substituents is 1. The lowest BCUT2D eigenvalue weighted by atomic mass is 10.0. The van der Waals surface area contributed by atoms with E-state index in [1.165, 1.54) is 18.2 Å². The van der Waals surface area contributed by atoms with Crippen LogP contribution in [0.5, 0.6) is 5.75 Å². The first-order valence-corrected chi connectivity index (χ1v) is 7.00. The Morgan fingerprint density at radius 2 is 2.06 bits per heavy atom. The molecule has 1 aromatic carbocycles. The Morgan fingerprint density at radius 3 is 2.56 bits per heavy atom. The minimum absolute atomic E-state index is 0.115. The molecule has 0 aromatic heterocycles. The van der Waals surface area contributed by atoms with Crippen LogP contribution in [0.25, 0.3) is 0 Å². The van der Waals surface area contributed by atoms with Crippen molar-refractivity contribution in [2.75, 3.05) is 6.26 Å². The predicted octanol–water partition coefficient (Wildman–Crippen LogP) is 0.830. The summed E-state index contributed by atoms with van der Waals surface area (Å²) in [7, 11) is -3.23. The van der Waals surface area contributed by atoms with Crippen LogP contribution in [-0.2, 0) is 16.3 Å². The fourth-order valence-electron chi connectivity index (χ4n) is 1.65. The Morgan fingerprint density at radius 1 is 1.44 bits per heavy atom. The number of phenols is 1. The van der Waals surface area contributed by atoms with Crippen molar-refractivity contribution in [3.05, 3.63) is 23.8 Å². The summed E-state index contributed by atoms with van der Waals surface area (Å²) in [5.41, 5.74) is 6.32. The van der Waals surface area contributed by atoms with Crippen LogP contribution in [0, 0.1) is 0 Å². The summed E-state index contributed by atoms with van der Waals surface area (Å²) in [4.78, 5) is 0.226. The van der Waals surface area contributed by atoms with Gasteiger partial charge in [0, 0.05) is 11.8 Å². The Balaban J connectivity index is 2.37. The van der Waals surface area contributed by atoms with Gasteiger partial charge < -0.3 is 10.8 Å². The van der Waals surface area contributed by atoms with Crippen molar-refractivity contribution in [2.45, 2.75) is 29.7 Å². The minimum Gasteiger partial charge on any atom is -0.508 e. The molecule has 0 aliphatic heterocycles. The smallest absolute Gasteiger partial charge is 0.175 e. The molecule has 88 valence electrons. The highest BCUT2D eigenvalue weighted by Crippen LogP contribution is 2.38. The number of hydrogen-bond donors (Lipinski definition) is 2. The molecular weight excluding hydrogens is 226 g/mol. The maximum atomic E-state index is 11.4. The molecule has 1 fully saturated rings. The highest BCUT2D eigenvalue weighted by Gasteiger charge is 2.38. The lowest BCUT2D eigenvalue weighted by Crippen LogP contribution is -2.24. The molecule has 5 heteroatoms. The van der Waals surface area contributed by atoms with Crippen LogP contribution in [0.2, 0.25) is 0 Å². The molecule has 1 aliphatic rings. The first kappa shape index (κ1) is 11.4. The molecule has 1 aliphatic carbocycles. The summed E-state index contributed by atoms with van der Waals surface area (Å²) >= 11 is 0. The highest BCUT2D eigenvalue weighted by atomic mass is 32.2. The second-order valence-corrected chi connectivity index (χ2v) is 6.62. The van der Waals surface area contributed by atoms with Crippen LogP contribution in [0.4, 0.5) is 0 Å². The average Bonchev–Trinajstić information content (AvgIpc) is 2.86. The van der Waals surface area contributed by atoms with Crippen molar-refractivity contribution in [2.24, 2.45) is 5.73 Å². The number of nitrogens with two attached hydrogens (primary N) is 1. The zero-order valence-corrected chi connectivity index (χ0v) is 9.92. The van der Waals surface area contributed by atoms with Gasteiger partial charge in [0.25, 0.3) is 0 Å². The first-order valence-electron chi connectivity index (χ1n) is 5.11. The Hall–Kier alpha value is -1.07. The number of rotatable bonds is 3. The van der Waals surface area contributed by atoms with E-state index in [1.54, 1.807) is 0 Å². The molecule has 0 amide bonds. The second-order valence-electron chi connectivity index (χ2n) is 4.60. The quantitative estimate of drug-likeness (QED) is 0.821. The van der Waals surface area contributed by atoms with Gasteiger partial charge in [-0.3, -0.25) is 0 Å². The van der Waals surface area contributed by atoms with Crippen molar-refractivity contribution in [3.8, 4) is 5.75 Å². The van der Waals surface area contributed by atoms with E-state index in [0.29, 0.717) is 12.0 Å². The molecular formula is C11H15NO3S. The molecule has 0 atom stereocenters. The summed E-state index contributed by atoms with van der Waals surface area (Å²) in [6.07, 6.45) is 3.53. The third kappa shape index (κ3) is 2.36. The molecule has 1 saturated carbocycles. The van der Waals surface area contributed by atoms with Gasteiger partial charge in [-0.15, -0.1) is 0 Å². The predicted molar refractivity (Wildman–Crippen MR) is 61.1 cm³/mol. The van der Waals surface area contributed by atoms with E-state index in [9.17, 15) is 13.5 Å². The molecule has 1 aromatic rings. The zero-order chi connectivity index (χ0) is 12.0. The second kappa shape index (κ2) is 3.46. The summed E-state index contributed by atoms with van der Waals surface area (Å²) in [6.45, 7) is 0. The van der Waals surface area contributed by atoms with E-state index in [0.717, 1.165) is 19.1 Å². The van der Waals surface area contributed by atoms with Crippen LogP contribution < -0.4 is 5.73 Å². The van der Waals surface area contributed by atoms with Gasteiger partial charge >= 0.3 is 0 Å². The third-order valence-corrected chi connectivity index (χ3v) is 4.02. The van der Waals surface area contributed by atoms with Crippen LogP contribution in [0.15, 0.2) is 23.1 Å². The monoisotopic (exact) mass is 241 g/mol. The van der Waals surface area contributed by atoms with E-state index in [-0.39, 0.29) is 16.2 Å². The highest BCUT2D eigenvalue weighted by molar-refractivity contribution is 7.90. The van der Waals surface area contributed by atoms with Crippen molar-refractivity contribution in [1.29, 1.82) is 0 Å². The van der Waals surface area contributed by atoms with Gasteiger partial charge in [-0.05, 0) is 43.0 Å². The Labute approximate surface area is 95.0 Å². The largest absolute Gasteiger partial charge is 0.508 e. The molecule has 2 rings (SSSR count). The normalized spacial score (nSPS) is 18.4. The lowest BCUT2D eigenvalue weighted by molar-refractivity contribution is 0.463. The molecule has 4 nitrogen and oxygen atoms in total. The van der Waals surface area contributed by atoms with Crippen LogP contribution in [0.1, 0.15) is 18.4 Å². The van der Waals surface area contributed by atoms with Crippen molar-refractivity contribution < 1.29 is 13.5 Å². The van der Waals surface area contributed by atoms with E-state index < -0.39 is 9.84 Å². The average molecular weight is 241 g/mol. The summed E-state index contributed by atoms with van der Waals surface area (Å²) in [5.74, 6) is 0.115. The number of hydrogen-bond acceptors (Lipinski definition) is 4. The van der Waals surface area contributed by atoms with E-state index in [4.69, 9.17) is 5.73 Å². The summed E-state index contributed by atoms with van der Waals surface area (Å²) in [5, 5.41) is 9.64. The molecule has 0 saturated heterocycles. The molecule has 0 bridgehead atoms. The third-order valence-electron chi connectivity index (χ3n) is 2.91. The maximum Gasteiger partial charge on any atom is 0.175 e. The van der Waals surface area contributed by atoms with Gasteiger partial charge in [-0.1, -0.05) is 0 Å². The van der Waals surface area contributed by atoms with Gasteiger partial charge in [-0.2, -0.15) is 0 Å². The fourth-order valence-corrected chi connectivity index (χ4v) is 2.32. The van der Waals surface area contributed by atoms with E-state index in [1.807, 2.05) is 0 Å². The van der Waals surface area contributed by atoms with Crippen molar-refractivity contribution >= 4 is 9.84 Å².